The summed E-state index contributed by atoms with van der Waals surface area (Å²) >= 11 is 0. The van der Waals surface area contributed by atoms with E-state index >= 15 is 0 Å². The molecule has 0 unspecified atom stereocenters. The molecule has 1 aliphatic rings. The summed E-state index contributed by atoms with van der Waals surface area (Å²) in [7, 11) is 1.62. The van der Waals surface area contributed by atoms with E-state index < -0.39 is 0 Å². The standard InChI is InChI=1S/C29H34N6O2/c1-5-25-32-27(26-19(3)34-35(28(26)33-25)23-14-6-18(2)7-15-23)30-21-10-12-22(13-11-21)31-29(36)20-8-16-24(37-4)17-9-20/h6-9,14-17,21-22H,5,10-13H2,1-4H3,(H,31,36)(H,30,32,33). The summed E-state index contributed by atoms with van der Waals surface area (Å²) in [5.41, 5.74) is 4.58. The monoisotopic (exact) mass is 498 g/mol. The third-order valence-corrected chi connectivity index (χ3v) is 7.10. The van der Waals surface area contributed by atoms with Crippen molar-refractivity contribution in [2.24, 2.45) is 0 Å². The Morgan fingerprint density at radius 3 is 2.30 bits per heavy atom. The molecule has 8 nitrogen and oxygen atoms in total. The first-order valence-electron chi connectivity index (χ1n) is 13.0. The number of fused-ring (bicyclic) bond motifs is 1. The van der Waals surface area contributed by atoms with E-state index in [-0.39, 0.29) is 18.0 Å². The summed E-state index contributed by atoms with van der Waals surface area (Å²) in [6.07, 6.45) is 4.47. The molecule has 1 fully saturated rings. The number of aromatic nitrogens is 4. The van der Waals surface area contributed by atoms with Gasteiger partial charge in [0.25, 0.3) is 5.91 Å². The van der Waals surface area contributed by atoms with Crippen LogP contribution >= 0.6 is 0 Å². The molecule has 5 rings (SSSR count). The van der Waals surface area contributed by atoms with Crippen molar-refractivity contribution in [2.75, 3.05) is 12.4 Å². The van der Waals surface area contributed by atoms with E-state index in [4.69, 9.17) is 19.8 Å². The maximum Gasteiger partial charge on any atom is 0.251 e. The Bertz CT molecular complexity index is 1390. The molecule has 4 aromatic rings. The van der Waals surface area contributed by atoms with E-state index in [9.17, 15) is 4.79 Å². The molecule has 1 amide bonds. The molecular weight excluding hydrogens is 464 g/mol. The lowest BCUT2D eigenvalue weighted by Crippen LogP contribution is -2.40. The quantitative estimate of drug-likeness (QED) is 0.366. The number of carbonyl (C=O) groups is 1. The molecule has 2 heterocycles. The maximum absolute atomic E-state index is 12.7. The first-order valence-corrected chi connectivity index (χ1v) is 13.0. The Kier molecular flexibility index (Phi) is 7.08. The molecule has 0 bridgehead atoms. The maximum atomic E-state index is 12.7. The van der Waals surface area contributed by atoms with Gasteiger partial charge in [-0.2, -0.15) is 5.10 Å². The van der Waals surface area contributed by atoms with Crippen LogP contribution < -0.4 is 15.4 Å². The van der Waals surface area contributed by atoms with Crippen LogP contribution in [-0.4, -0.2) is 44.8 Å². The topological polar surface area (TPSA) is 94.0 Å². The zero-order valence-corrected chi connectivity index (χ0v) is 21.9. The largest absolute Gasteiger partial charge is 0.497 e. The molecule has 37 heavy (non-hydrogen) atoms. The smallest absolute Gasteiger partial charge is 0.251 e. The van der Waals surface area contributed by atoms with E-state index in [0.717, 1.165) is 71.9 Å². The van der Waals surface area contributed by atoms with Crippen molar-refractivity contribution in [1.82, 2.24) is 25.1 Å². The highest BCUT2D eigenvalue weighted by Crippen LogP contribution is 2.30. The van der Waals surface area contributed by atoms with Gasteiger partial charge < -0.3 is 15.4 Å². The molecule has 1 aliphatic carbocycles. The Labute approximate surface area is 217 Å². The molecule has 2 N–H and O–H groups in total. The fourth-order valence-corrected chi connectivity index (χ4v) is 4.94. The summed E-state index contributed by atoms with van der Waals surface area (Å²) < 4.78 is 7.10. The second-order valence-electron chi connectivity index (χ2n) is 9.77. The van der Waals surface area contributed by atoms with Crippen molar-refractivity contribution in [3.05, 3.63) is 71.2 Å². The van der Waals surface area contributed by atoms with Gasteiger partial charge in [0.05, 0.1) is 23.9 Å². The van der Waals surface area contributed by atoms with Gasteiger partial charge >= 0.3 is 0 Å². The van der Waals surface area contributed by atoms with Crippen LogP contribution in [0.2, 0.25) is 0 Å². The molecule has 0 saturated heterocycles. The second-order valence-corrected chi connectivity index (χ2v) is 9.77. The molecule has 8 heteroatoms. The highest BCUT2D eigenvalue weighted by molar-refractivity contribution is 5.94. The second kappa shape index (κ2) is 10.6. The number of ether oxygens (including phenoxy) is 1. The van der Waals surface area contributed by atoms with Crippen LogP contribution in [0.4, 0.5) is 5.82 Å². The molecule has 1 saturated carbocycles. The molecule has 2 aromatic carbocycles. The number of aryl methyl sites for hydroxylation is 3. The zero-order chi connectivity index (χ0) is 25.9. The van der Waals surface area contributed by atoms with Gasteiger partial charge in [0.2, 0.25) is 0 Å². The number of nitrogens with zero attached hydrogens (tertiary/aromatic N) is 4. The van der Waals surface area contributed by atoms with E-state index in [0.29, 0.717) is 5.56 Å². The van der Waals surface area contributed by atoms with E-state index in [2.05, 4.69) is 48.7 Å². The van der Waals surface area contributed by atoms with E-state index in [1.54, 1.807) is 19.2 Å². The Hall–Kier alpha value is -3.94. The first kappa shape index (κ1) is 24.7. The van der Waals surface area contributed by atoms with Crippen LogP contribution in [0, 0.1) is 13.8 Å². The fraction of sp³-hybridized carbons (Fsp3) is 0.379. The van der Waals surface area contributed by atoms with Gasteiger partial charge in [-0.15, -0.1) is 0 Å². The normalized spacial score (nSPS) is 17.5. The Morgan fingerprint density at radius 2 is 1.65 bits per heavy atom. The SMILES string of the molecule is CCc1nc(NC2CCC(NC(=O)c3ccc(OC)cc3)CC2)c2c(C)nn(-c3ccc(C)cc3)c2n1. The summed E-state index contributed by atoms with van der Waals surface area (Å²) in [6, 6.07) is 16.0. The third-order valence-electron chi connectivity index (χ3n) is 7.10. The van der Waals surface area contributed by atoms with Crippen LogP contribution in [0.5, 0.6) is 5.75 Å². The van der Waals surface area contributed by atoms with Crippen molar-refractivity contribution >= 4 is 22.8 Å². The van der Waals surface area contributed by atoms with Crippen LogP contribution in [0.3, 0.4) is 0 Å². The zero-order valence-electron chi connectivity index (χ0n) is 21.9. The number of benzene rings is 2. The van der Waals surface area contributed by atoms with Crippen molar-refractivity contribution in [3.63, 3.8) is 0 Å². The number of carbonyl (C=O) groups excluding carboxylic acids is 1. The third kappa shape index (κ3) is 5.28. The number of nitrogens with one attached hydrogen (secondary N) is 2. The lowest BCUT2D eigenvalue weighted by molar-refractivity contribution is 0.0926. The van der Waals surface area contributed by atoms with E-state index in [1.807, 2.05) is 23.7 Å². The summed E-state index contributed by atoms with van der Waals surface area (Å²) in [6.45, 7) is 6.16. The predicted molar refractivity (Wildman–Crippen MR) is 146 cm³/mol. The number of amides is 1. The lowest BCUT2D eigenvalue weighted by atomic mass is 9.91. The summed E-state index contributed by atoms with van der Waals surface area (Å²) in [5, 5.41) is 12.7. The predicted octanol–water partition coefficient (Wildman–Crippen LogP) is 5.16. The van der Waals surface area contributed by atoms with Crippen molar-refractivity contribution in [2.45, 2.75) is 65.0 Å². The van der Waals surface area contributed by atoms with Crippen molar-refractivity contribution in [3.8, 4) is 11.4 Å². The Balaban J connectivity index is 1.29. The molecule has 2 aromatic heterocycles. The number of rotatable bonds is 7. The van der Waals surface area contributed by atoms with Gasteiger partial charge in [0.15, 0.2) is 5.65 Å². The molecular formula is C29H34N6O2. The average Bonchev–Trinajstić information content (AvgIpc) is 3.26. The first-order chi connectivity index (χ1) is 17.9. The van der Waals surface area contributed by atoms with Crippen LogP contribution in [-0.2, 0) is 6.42 Å². The van der Waals surface area contributed by atoms with Gasteiger partial charge in [-0.25, -0.2) is 14.6 Å². The lowest BCUT2D eigenvalue weighted by Gasteiger charge is -2.30. The molecule has 0 radical (unpaired) electrons. The van der Waals surface area contributed by atoms with Gasteiger partial charge in [-0.1, -0.05) is 24.6 Å². The molecule has 0 spiro atoms. The highest BCUT2D eigenvalue weighted by Gasteiger charge is 2.25. The number of methoxy groups -OCH3 is 1. The minimum absolute atomic E-state index is 0.0386. The van der Waals surface area contributed by atoms with Gasteiger partial charge in [-0.05, 0) is 75.9 Å². The average molecular weight is 499 g/mol. The summed E-state index contributed by atoms with van der Waals surface area (Å²) in [4.78, 5) is 22.4. The minimum atomic E-state index is -0.0386. The number of hydrogen-bond acceptors (Lipinski definition) is 6. The summed E-state index contributed by atoms with van der Waals surface area (Å²) in [5.74, 6) is 2.35. The molecule has 0 atom stereocenters. The van der Waals surface area contributed by atoms with Crippen LogP contribution in [0.25, 0.3) is 16.7 Å². The number of hydrogen-bond donors (Lipinski definition) is 2. The van der Waals surface area contributed by atoms with Gasteiger partial charge in [0, 0.05) is 24.1 Å². The van der Waals surface area contributed by atoms with Gasteiger partial charge in [0.1, 0.15) is 17.4 Å². The van der Waals surface area contributed by atoms with Crippen LogP contribution in [0.15, 0.2) is 48.5 Å². The fourth-order valence-electron chi connectivity index (χ4n) is 4.94. The minimum Gasteiger partial charge on any atom is -0.497 e. The van der Waals surface area contributed by atoms with Gasteiger partial charge in [-0.3, -0.25) is 4.79 Å². The molecule has 192 valence electrons. The Morgan fingerprint density at radius 1 is 0.973 bits per heavy atom. The van der Waals surface area contributed by atoms with Crippen molar-refractivity contribution < 1.29 is 9.53 Å². The molecule has 0 aliphatic heterocycles. The highest BCUT2D eigenvalue weighted by atomic mass is 16.5. The van der Waals surface area contributed by atoms with E-state index in [1.165, 1.54) is 5.56 Å². The van der Waals surface area contributed by atoms with Crippen LogP contribution in [0.1, 0.15) is 60.0 Å². The number of anilines is 1. The van der Waals surface area contributed by atoms with Crippen molar-refractivity contribution in [1.29, 1.82) is 0 Å².